The Hall–Kier alpha value is -0.870. The summed E-state index contributed by atoms with van der Waals surface area (Å²) >= 11 is -2.03. The number of aryl methyl sites for hydroxylation is 1. The van der Waals surface area contributed by atoms with Crippen LogP contribution >= 0.6 is 0 Å². The van der Waals surface area contributed by atoms with Crippen LogP contribution in [0.3, 0.4) is 0 Å². The molecule has 0 spiro atoms. The zero-order valence-corrected chi connectivity index (χ0v) is 7.56. The molecule has 1 aromatic carbocycles. The van der Waals surface area contributed by atoms with E-state index in [1.807, 2.05) is 31.2 Å². The zero-order valence-electron chi connectivity index (χ0n) is 6.74. The van der Waals surface area contributed by atoms with E-state index in [4.69, 9.17) is 0 Å². The standard InChI is InChI=1S/C8H11NO2S/c1-7-2-4-8(5-3-7)9-6-12(10)11/h2-5,9H,6H2,1H3,(H,10,11)/p-1. The highest BCUT2D eigenvalue weighted by Gasteiger charge is 1.89. The van der Waals surface area contributed by atoms with Gasteiger partial charge in [-0.1, -0.05) is 17.7 Å². The molecule has 1 aromatic rings. The van der Waals surface area contributed by atoms with Gasteiger partial charge in [-0.25, -0.2) is 0 Å². The molecule has 0 aliphatic heterocycles. The second-order valence-corrected chi connectivity index (χ2v) is 3.39. The van der Waals surface area contributed by atoms with E-state index in [9.17, 15) is 8.76 Å². The lowest BCUT2D eigenvalue weighted by molar-refractivity contribution is 0.539. The summed E-state index contributed by atoms with van der Waals surface area (Å²) < 4.78 is 20.4. The van der Waals surface area contributed by atoms with Crippen LogP contribution in [0.25, 0.3) is 0 Å². The summed E-state index contributed by atoms with van der Waals surface area (Å²) in [6.45, 7) is 1.98. The second kappa shape index (κ2) is 4.23. The van der Waals surface area contributed by atoms with Gasteiger partial charge in [-0.3, -0.25) is 4.21 Å². The van der Waals surface area contributed by atoms with E-state index in [2.05, 4.69) is 5.32 Å². The van der Waals surface area contributed by atoms with E-state index < -0.39 is 11.1 Å². The van der Waals surface area contributed by atoms with E-state index in [0.717, 1.165) is 11.3 Å². The first-order valence-electron chi connectivity index (χ1n) is 3.55. The molecule has 1 rings (SSSR count). The van der Waals surface area contributed by atoms with E-state index in [-0.39, 0.29) is 5.88 Å². The summed E-state index contributed by atoms with van der Waals surface area (Å²) in [5.74, 6) is -0.0386. The fraction of sp³-hybridized carbons (Fsp3) is 0.250. The molecule has 4 heteroatoms. The predicted molar refractivity (Wildman–Crippen MR) is 48.6 cm³/mol. The van der Waals surface area contributed by atoms with Crippen molar-refractivity contribution in [3.8, 4) is 0 Å². The third-order valence-electron chi connectivity index (χ3n) is 1.45. The molecule has 0 radical (unpaired) electrons. The smallest absolute Gasteiger partial charge is 0.0777 e. The normalized spacial score (nSPS) is 12.5. The van der Waals surface area contributed by atoms with Crippen molar-refractivity contribution in [3.05, 3.63) is 29.8 Å². The first-order valence-corrected chi connectivity index (χ1v) is 4.79. The Balaban J connectivity index is 2.53. The largest absolute Gasteiger partial charge is 0.771 e. The molecule has 0 saturated carbocycles. The lowest BCUT2D eigenvalue weighted by atomic mass is 10.2. The van der Waals surface area contributed by atoms with E-state index >= 15 is 0 Å². The summed E-state index contributed by atoms with van der Waals surface area (Å²) in [7, 11) is 0. The van der Waals surface area contributed by atoms with Crippen LogP contribution in [-0.2, 0) is 11.1 Å². The van der Waals surface area contributed by atoms with Crippen molar-refractivity contribution < 1.29 is 8.76 Å². The monoisotopic (exact) mass is 184 g/mol. The average Bonchev–Trinajstić information content (AvgIpc) is 2.03. The SMILES string of the molecule is Cc1ccc(NCS(=O)[O-])cc1. The van der Waals surface area contributed by atoms with Crippen molar-refractivity contribution in [1.82, 2.24) is 0 Å². The van der Waals surface area contributed by atoms with Crippen molar-refractivity contribution in [1.29, 1.82) is 0 Å². The van der Waals surface area contributed by atoms with Gasteiger partial charge in [0.2, 0.25) is 0 Å². The molecule has 0 aromatic heterocycles. The Bertz CT molecular complexity index is 271. The van der Waals surface area contributed by atoms with E-state index in [0.29, 0.717) is 0 Å². The number of rotatable bonds is 3. The molecule has 0 heterocycles. The topological polar surface area (TPSA) is 52.2 Å². The molecule has 0 amide bonds. The lowest BCUT2D eigenvalue weighted by Crippen LogP contribution is -2.06. The maximum Gasteiger partial charge on any atom is 0.0777 e. The first kappa shape index (κ1) is 9.22. The molecule has 66 valence electrons. The third-order valence-corrected chi connectivity index (χ3v) is 1.83. The fourth-order valence-electron chi connectivity index (χ4n) is 0.814. The number of hydrogen-bond acceptors (Lipinski definition) is 3. The van der Waals surface area contributed by atoms with Crippen molar-refractivity contribution in [2.24, 2.45) is 0 Å². The maximum absolute atomic E-state index is 10.2. The number of nitrogens with one attached hydrogen (secondary N) is 1. The molecular weight excluding hydrogens is 174 g/mol. The number of hydrogen-bond donors (Lipinski definition) is 1. The molecule has 0 fully saturated rings. The summed E-state index contributed by atoms with van der Waals surface area (Å²) in [5.41, 5.74) is 1.98. The summed E-state index contributed by atoms with van der Waals surface area (Å²) in [5, 5.41) is 2.76. The highest BCUT2D eigenvalue weighted by Crippen LogP contribution is 2.07. The molecule has 3 nitrogen and oxygen atoms in total. The first-order chi connectivity index (χ1) is 5.68. The van der Waals surface area contributed by atoms with Crippen LogP contribution in [0, 0.1) is 6.92 Å². The minimum absolute atomic E-state index is 0.0386. The molecule has 12 heavy (non-hydrogen) atoms. The quantitative estimate of drug-likeness (QED) is 0.719. The number of anilines is 1. The molecule has 0 bridgehead atoms. The van der Waals surface area contributed by atoms with E-state index in [1.54, 1.807) is 0 Å². The van der Waals surface area contributed by atoms with Gasteiger partial charge in [0.1, 0.15) is 0 Å². The average molecular weight is 184 g/mol. The van der Waals surface area contributed by atoms with Gasteiger partial charge in [-0.2, -0.15) is 0 Å². The van der Waals surface area contributed by atoms with Gasteiger partial charge in [0.25, 0.3) is 0 Å². The molecule has 1 unspecified atom stereocenters. The second-order valence-electron chi connectivity index (χ2n) is 2.49. The summed E-state index contributed by atoms with van der Waals surface area (Å²) in [6.07, 6.45) is 0. The predicted octanol–water partition coefficient (Wildman–Crippen LogP) is 1.24. The van der Waals surface area contributed by atoms with Crippen molar-refractivity contribution in [3.63, 3.8) is 0 Å². The molecule has 0 saturated heterocycles. The Labute approximate surface area is 74.1 Å². The van der Waals surface area contributed by atoms with Crippen LogP contribution < -0.4 is 5.32 Å². The van der Waals surface area contributed by atoms with Crippen LogP contribution in [0.2, 0.25) is 0 Å². The lowest BCUT2D eigenvalue weighted by Gasteiger charge is -2.08. The minimum atomic E-state index is -2.03. The fourth-order valence-corrected chi connectivity index (χ4v) is 1.10. The molecule has 1 atom stereocenters. The Kier molecular flexibility index (Phi) is 3.25. The van der Waals surface area contributed by atoms with Gasteiger partial charge in [0.05, 0.1) is 5.88 Å². The molecule has 0 aliphatic rings. The summed E-state index contributed by atoms with van der Waals surface area (Å²) in [4.78, 5) is 0. The van der Waals surface area contributed by atoms with Crippen molar-refractivity contribution in [2.75, 3.05) is 11.2 Å². The van der Waals surface area contributed by atoms with Crippen LogP contribution in [-0.4, -0.2) is 14.6 Å². The van der Waals surface area contributed by atoms with Crippen molar-refractivity contribution >= 4 is 16.8 Å². The van der Waals surface area contributed by atoms with Gasteiger partial charge >= 0.3 is 0 Å². The molecule has 0 aliphatic carbocycles. The zero-order chi connectivity index (χ0) is 8.97. The third kappa shape index (κ3) is 3.02. The van der Waals surface area contributed by atoms with Crippen LogP contribution in [0.5, 0.6) is 0 Å². The van der Waals surface area contributed by atoms with Gasteiger partial charge in [-0.15, -0.1) is 0 Å². The minimum Gasteiger partial charge on any atom is -0.771 e. The van der Waals surface area contributed by atoms with Gasteiger partial charge in [-0.05, 0) is 30.1 Å². The Morgan fingerprint density at radius 2 is 2.00 bits per heavy atom. The number of benzene rings is 1. The van der Waals surface area contributed by atoms with Crippen LogP contribution in [0.15, 0.2) is 24.3 Å². The van der Waals surface area contributed by atoms with Gasteiger partial charge < -0.3 is 9.87 Å². The molecule has 1 N–H and O–H groups in total. The van der Waals surface area contributed by atoms with Gasteiger partial charge in [0, 0.05) is 5.69 Å². The highest BCUT2D eigenvalue weighted by atomic mass is 32.2. The van der Waals surface area contributed by atoms with Crippen LogP contribution in [0.4, 0.5) is 5.69 Å². The van der Waals surface area contributed by atoms with Gasteiger partial charge in [0.15, 0.2) is 0 Å². The highest BCUT2D eigenvalue weighted by molar-refractivity contribution is 7.79. The maximum atomic E-state index is 10.2. The molecular formula is C8H10NO2S-. The Morgan fingerprint density at radius 3 is 2.50 bits per heavy atom. The van der Waals surface area contributed by atoms with Crippen molar-refractivity contribution in [2.45, 2.75) is 6.92 Å². The Morgan fingerprint density at radius 1 is 1.42 bits per heavy atom. The van der Waals surface area contributed by atoms with Crippen LogP contribution in [0.1, 0.15) is 5.56 Å². The van der Waals surface area contributed by atoms with E-state index in [1.165, 1.54) is 0 Å². The summed E-state index contributed by atoms with van der Waals surface area (Å²) in [6, 6.07) is 7.55.